The molecule has 6 aromatic rings. The molecule has 0 N–H and O–H groups in total. The zero-order valence-electron chi connectivity index (χ0n) is 20.1. The highest BCUT2D eigenvalue weighted by molar-refractivity contribution is 5.90. The first-order valence-electron chi connectivity index (χ1n) is 12.3. The minimum absolute atomic E-state index is 0.0646. The van der Waals surface area contributed by atoms with Gasteiger partial charge in [0.05, 0.1) is 17.1 Å². The molecule has 1 atom stereocenters. The molecule has 36 heavy (non-hydrogen) atoms. The van der Waals surface area contributed by atoms with Crippen molar-refractivity contribution in [3.63, 3.8) is 0 Å². The van der Waals surface area contributed by atoms with Crippen LogP contribution < -0.4 is 0 Å². The van der Waals surface area contributed by atoms with Crippen molar-refractivity contribution in [3.05, 3.63) is 145 Å². The summed E-state index contributed by atoms with van der Waals surface area (Å²) in [5.41, 5.74) is 3.01. The lowest BCUT2D eigenvalue weighted by Gasteiger charge is -2.40. The minimum Gasteiger partial charge on any atom is -0.261 e. The molecule has 0 amide bonds. The molecular formula is C32H26N4. The van der Waals surface area contributed by atoms with Crippen LogP contribution >= 0.6 is 0 Å². The second-order valence-electron chi connectivity index (χ2n) is 9.00. The monoisotopic (exact) mass is 466 g/mol. The van der Waals surface area contributed by atoms with Crippen molar-refractivity contribution in [2.24, 2.45) is 0 Å². The molecule has 4 aromatic heterocycles. The number of nitrogens with zero attached hydrogens (tertiary/aromatic N) is 4. The summed E-state index contributed by atoms with van der Waals surface area (Å²) in [6.45, 7) is 2.22. The summed E-state index contributed by atoms with van der Waals surface area (Å²) in [6, 6.07) is 33.3. The standard InChI is InChI=1S/C32H26N4/c1-2-27(28-15-7-9-19-33-28)32(29-16-8-10-20-34-29,30-25-13-5-3-11-23(25)17-21-35-30)31-26-14-6-4-12-24(26)18-22-36-31/h3-22,27H,2H2,1H3. The molecule has 0 saturated carbocycles. The largest absolute Gasteiger partial charge is 0.261 e. The van der Waals surface area contributed by atoms with Crippen molar-refractivity contribution in [2.45, 2.75) is 24.7 Å². The Balaban J connectivity index is 1.85. The van der Waals surface area contributed by atoms with E-state index in [0.29, 0.717) is 0 Å². The first kappa shape index (κ1) is 22.1. The van der Waals surface area contributed by atoms with E-state index >= 15 is 0 Å². The van der Waals surface area contributed by atoms with Crippen molar-refractivity contribution in [3.8, 4) is 0 Å². The van der Waals surface area contributed by atoms with Gasteiger partial charge in [-0.25, -0.2) is 0 Å². The highest BCUT2D eigenvalue weighted by Gasteiger charge is 2.49. The lowest BCUT2D eigenvalue weighted by Crippen LogP contribution is -2.40. The van der Waals surface area contributed by atoms with Gasteiger partial charge in [-0.05, 0) is 53.6 Å². The Hall–Kier alpha value is -4.44. The van der Waals surface area contributed by atoms with Crippen LogP contribution in [0.1, 0.15) is 42.0 Å². The number of hydrogen-bond acceptors (Lipinski definition) is 4. The second-order valence-corrected chi connectivity index (χ2v) is 9.00. The van der Waals surface area contributed by atoms with Gasteiger partial charge >= 0.3 is 0 Å². The highest BCUT2D eigenvalue weighted by atomic mass is 14.9. The summed E-state index contributed by atoms with van der Waals surface area (Å²) in [6.07, 6.45) is 8.38. The molecule has 0 spiro atoms. The minimum atomic E-state index is -0.786. The average molecular weight is 467 g/mol. The summed E-state index contributed by atoms with van der Waals surface area (Å²) in [4.78, 5) is 20.1. The summed E-state index contributed by atoms with van der Waals surface area (Å²) >= 11 is 0. The van der Waals surface area contributed by atoms with E-state index in [9.17, 15) is 0 Å². The van der Waals surface area contributed by atoms with Gasteiger partial charge in [0.1, 0.15) is 5.41 Å². The Morgan fingerprint density at radius 3 is 1.64 bits per heavy atom. The fourth-order valence-corrected chi connectivity index (χ4v) is 5.65. The average Bonchev–Trinajstić information content (AvgIpc) is 2.96. The van der Waals surface area contributed by atoms with E-state index in [1.807, 2.05) is 36.9 Å². The van der Waals surface area contributed by atoms with Gasteiger partial charge in [0.15, 0.2) is 0 Å². The molecule has 1 unspecified atom stereocenters. The third-order valence-corrected chi connectivity index (χ3v) is 7.14. The van der Waals surface area contributed by atoms with Crippen LogP contribution in [0.2, 0.25) is 0 Å². The van der Waals surface area contributed by atoms with Crippen LogP contribution in [0, 0.1) is 0 Å². The van der Waals surface area contributed by atoms with Crippen LogP contribution in [0.5, 0.6) is 0 Å². The smallest absolute Gasteiger partial charge is 0.106 e. The SMILES string of the molecule is CCC(c1ccccn1)C(c1ccccn1)(c1nccc2ccccc12)c1nccc2ccccc12. The number of aromatic nitrogens is 4. The van der Waals surface area contributed by atoms with Gasteiger partial charge in [-0.1, -0.05) is 67.6 Å². The van der Waals surface area contributed by atoms with E-state index in [1.54, 1.807) is 0 Å². The van der Waals surface area contributed by atoms with Gasteiger partial charge in [-0.3, -0.25) is 19.9 Å². The van der Waals surface area contributed by atoms with Crippen molar-refractivity contribution in [2.75, 3.05) is 0 Å². The number of pyridine rings is 4. The maximum Gasteiger partial charge on any atom is 0.106 e. The molecule has 0 aliphatic rings. The first-order chi connectivity index (χ1) is 17.8. The number of fused-ring (bicyclic) bond motifs is 2. The molecule has 4 heterocycles. The molecule has 0 fully saturated rings. The van der Waals surface area contributed by atoms with Crippen molar-refractivity contribution in [1.82, 2.24) is 19.9 Å². The summed E-state index contributed by atoms with van der Waals surface area (Å²) < 4.78 is 0. The van der Waals surface area contributed by atoms with Crippen LogP contribution in [0.4, 0.5) is 0 Å². The van der Waals surface area contributed by atoms with E-state index in [1.165, 1.54) is 0 Å². The van der Waals surface area contributed by atoms with Crippen LogP contribution in [0.3, 0.4) is 0 Å². The Morgan fingerprint density at radius 1 is 0.556 bits per heavy atom. The van der Waals surface area contributed by atoms with Gasteiger partial charge < -0.3 is 0 Å². The van der Waals surface area contributed by atoms with Crippen molar-refractivity contribution in [1.29, 1.82) is 0 Å². The van der Waals surface area contributed by atoms with Gasteiger partial charge in [0, 0.05) is 47.2 Å². The van der Waals surface area contributed by atoms with E-state index in [-0.39, 0.29) is 5.92 Å². The molecule has 4 nitrogen and oxygen atoms in total. The Bertz CT molecular complexity index is 1540. The number of rotatable bonds is 6. The maximum absolute atomic E-state index is 5.13. The normalized spacial score (nSPS) is 12.6. The Morgan fingerprint density at radius 2 is 1.11 bits per heavy atom. The fraction of sp³-hybridized carbons (Fsp3) is 0.125. The molecule has 0 bridgehead atoms. The van der Waals surface area contributed by atoms with Crippen LogP contribution in [0.15, 0.2) is 122 Å². The molecule has 174 valence electrons. The molecule has 0 aliphatic carbocycles. The van der Waals surface area contributed by atoms with E-state index < -0.39 is 5.41 Å². The van der Waals surface area contributed by atoms with Gasteiger partial charge in [-0.15, -0.1) is 0 Å². The quantitative estimate of drug-likeness (QED) is 0.263. The number of benzene rings is 2. The lowest BCUT2D eigenvalue weighted by atomic mass is 9.63. The predicted molar refractivity (Wildman–Crippen MR) is 145 cm³/mol. The van der Waals surface area contributed by atoms with E-state index in [4.69, 9.17) is 19.9 Å². The third-order valence-electron chi connectivity index (χ3n) is 7.14. The Labute approximate surface area is 210 Å². The zero-order valence-corrected chi connectivity index (χ0v) is 20.1. The predicted octanol–water partition coefficient (Wildman–Crippen LogP) is 7.10. The molecule has 6 rings (SSSR count). The van der Waals surface area contributed by atoms with Gasteiger partial charge in [0.2, 0.25) is 0 Å². The Kier molecular flexibility index (Phi) is 5.70. The van der Waals surface area contributed by atoms with Gasteiger partial charge in [-0.2, -0.15) is 0 Å². The van der Waals surface area contributed by atoms with E-state index in [0.717, 1.165) is 50.7 Å². The number of hydrogen-bond donors (Lipinski definition) is 0. The molecular weight excluding hydrogens is 440 g/mol. The molecule has 4 heteroatoms. The lowest BCUT2D eigenvalue weighted by molar-refractivity contribution is 0.432. The van der Waals surface area contributed by atoms with E-state index in [2.05, 4.69) is 91.9 Å². The van der Waals surface area contributed by atoms with Crippen molar-refractivity contribution >= 4 is 21.5 Å². The molecule has 2 aromatic carbocycles. The van der Waals surface area contributed by atoms with Crippen molar-refractivity contribution < 1.29 is 0 Å². The summed E-state index contributed by atoms with van der Waals surface area (Å²) in [5, 5.41) is 4.46. The zero-order chi connectivity index (χ0) is 24.4. The molecule has 0 radical (unpaired) electrons. The topological polar surface area (TPSA) is 51.6 Å². The first-order valence-corrected chi connectivity index (χ1v) is 12.3. The van der Waals surface area contributed by atoms with Crippen LogP contribution in [0.25, 0.3) is 21.5 Å². The summed E-state index contributed by atoms with van der Waals surface area (Å²) in [5.74, 6) is -0.0646. The van der Waals surface area contributed by atoms with Gasteiger partial charge in [0.25, 0.3) is 0 Å². The van der Waals surface area contributed by atoms with Crippen LogP contribution in [-0.2, 0) is 5.41 Å². The molecule has 0 saturated heterocycles. The summed E-state index contributed by atoms with van der Waals surface area (Å²) in [7, 11) is 0. The second kappa shape index (κ2) is 9.31. The third kappa shape index (κ3) is 3.45. The highest BCUT2D eigenvalue weighted by Crippen LogP contribution is 2.51. The molecule has 0 aliphatic heterocycles. The maximum atomic E-state index is 5.13. The van der Waals surface area contributed by atoms with Crippen LogP contribution in [-0.4, -0.2) is 19.9 Å². The fourth-order valence-electron chi connectivity index (χ4n) is 5.65.